The molecule has 2 N–H and O–H groups in total. The van der Waals surface area contributed by atoms with Crippen LogP contribution in [-0.2, 0) is 6.54 Å². The highest BCUT2D eigenvalue weighted by molar-refractivity contribution is 9.10. The number of benzene rings is 2. The fraction of sp³-hybridized carbons (Fsp3) is 0.350. The van der Waals surface area contributed by atoms with E-state index in [-0.39, 0.29) is 5.54 Å². The second-order valence-corrected chi connectivity index (χ2v) is 7.64. The number of amidine groups is 1. The van der Waals surface area contributed by atoms with Gasteiger partial charge < -0.3 is 10.6 Å². The number of nitrogens with one attached hydrogen (secondary N) is 2. The zero-order valence-corrected chi connectivity index (χ0v) is 15.3. The van der Waals surface area contributed by atoms with Gasteiger partial charge in [0.2, 0.25) is 0 Å². The van der Waals surface area contributed by atoms with Gasteiger partial charge in [0.15, 0.2) is 0 Å². The third-order valence-corrected chi connectivity index (χ3v) is 5.57. The molecule has 1 heterocycles. The molecule has 1 saturated carbocycles. The van der Waals surface area contributed by atoms with Crippen LogP contribution in [0.3, 0.4) is 0 Å². The maximum absolute atomic E-state index is 4.99. The molecule has 2 aromatic rings. The lowest BCUT2D eigenvalue weighted by Crippen LogP contribution is -2.54. The fourth-order valence-corrected chi connectivity index (χ4v) is 4.00. The number of halogens is 1. The van der Waals surface area contributed by atoms with Gasteiger partial charge in [-0.05, 0) is 42.7 Å². The molecule has 24 heavy (non-hydrogen) atoms. The monoisotopic (exact) mass is 383 g/mol. The molecule has 0 unspecified atom stereocenters. The number of rotatable bonds is 2. The first kappa shape index (κ1) is 15.7. The number of anilines is 1. The number of aliphatic imine (C=N–C) groups is 1. The number of nitrogens with zero attached hydrogens (tertiary/aromatic N) is 1. The van der Waals surface area contributed by atoms with Crippen LogP contribution in [-0.4, -0.2) is 11.4 Å². The zero-order chi connectivity index (χ0) is 16.4. The van der Waals surface area contributed by atoms with Crippen molar-refractivity contribution >= 4 is 33.1 Å². The fourth-order valence-electron chi connectivity index (χ4n) is 3.74. The Morgan fingerprint density at radius 2 is 1.75 bits per heavy atom. The van der Waals surface area contributed by atoms with E-state index in [0.29, 0.717) is 0 Å². The highest BCUT2D eigenvalue weighted by Crippen LogP contribution is 2.40. The molecule has 1 fully saturated rings. The van der Waals surface area contributed by atoms with E-state index in [1.165, 1.54) is 24.8 Å². The van der Waals surface area contributed by atoms with Crippen molar-refractivity contribution < 1.29 is 0 Å². The van der Waals surface area contributed by atoms with Gasteiger partial charge in [0.05, 0.1) is 16.9 Å². The first-order valence-corrected chi connectivity index (χ1v) is 9.49. The minimum absolute atomic E-state index is 0.0258. The molecule has 0 bridgehead atoms. The van der Waals surface area contributed by atoms with E-state index in [2.05, 4.69) is 75.1 Å². The number of hydrogen-bond acceptors (Lipinski definition) is 3. The van der Waals surface area contributed by atoms with Gasteiger partial charge in [-0.2, -0.15) is 0 Å². The summed E-state index contributed by atoms with van der Waals surface area (Å²) in [5.74, 6) is 1.10. The first-order valence-electron chi connectivity index (χ1n) is 8.70. The number of hydrogen-bond donors (Lipinski definition) is 2. The van der Waals surface area contributed by atoms with E-state index >= 15 is 0 Å². The van der Waals surface area contributed by atoms with Crippen LogP contribution >= 0.6 is 15.9 Å². The first-order chi connectivity index (χ1) is 11.8. The van der Waals surface area contributed by atoms with Crippen molar-refractivity contribution in [1.82, 2.24) is 5.32 Å². The Morgan fingerprint density at radius 1 is 1.00 bits per heavy atom. The molecule has 4 rings (SSSR count). The van der Waals surface area contributed by atoms with E-state index in [1.54, 1.807) is 0 Å². The number of fused-ring (bicyclic) bond motifs is 1. The summed E-state index contributed by atoms with van der Waals surface area (Å²) < 4.78 is 1.11. The Morgan fingerprint density at radius 3 is 2.54 bits per heavy atom. The third kappa shape index (κ3) is 3.07. The molecule has 2 aromatic carbocycles. The van der Waals surface area contributed by atoms with Gasteiger partial charge >= 0.3 is 0 Å². The molecule has 1 spiro atoms. The van der Waals surface area contributed by atoms with Crippen LogP contribution in [0.25, 0.3) is 0 Å². The second-order valence-electron chi connectivity index (χ2n) is 6.73. The lowest BCUT2D eigenvalue weighted by atomic mass is 9.79. The molecule has 1 aliphatic carbocycles. The van der Waals surface area contributed by atoms with Gasteiger partial charge in [-0.1, -0.05) is 59.5 Å². The van der Waals surface area contributed by atoms with Crippen LogP contribution in [0.1, 0.15) is 37.7 Å². The molecular formula is C20H22BrN3. The SMILES string of the molecule is Brc1ccc(CNC2=Nc3ccccc3NC23CCCCC3)cc1. The Kier molecular flexibility index (Phi) is 4.31. The summed E-state index contributed by atoms with van der Waals surface area (Å²) in [7, 11) is 0. The Bertz CT molecular complexity index is 746. The number of para-hydroxylation sites is 2. The molecule has 0 amide bonds. The van der Waals surface area contributed by atoms with Crippen LogP contribution < -0.4 is 10.6 Å². The van der Waals surface area contributed by atoms with Crippen molar-refractivity contribution in [2.45, 2.75) is 44.2 Å². The maximum atomic E-state index is 4.99. The quantitative estimate of drug-likeness (QED) is 0.728. The van der Waals surface area contributed by atoms with Gasteiger partial charge in [-0.15, -0.1) is 0 Å². The molecule has 124 valence electrons. The van der Waals surface area contributed by atoms with Crippen LogP contribution in [0.15, 0.2) is 58.0 Å². The van der Waals surface area contributed by atoms with Gasteiger partial charge in [-0.25, -0.2) is 4.99 Å². The summed E-state index contributed by atoms with van der Waals surface area (Å²) in [6.07, 6.45) is 6.13. The summed E-state index contributed by atoms with van der Waals surface area (Å²) in [5.41, 5.74) is 3.44. The maximum Gasteiger partial charge on any atom is 0.128 e. The van der Waals surface area contributed by atoms with E-state index in [1.807, 2.05) is 0 Å². The Balaban J connectivity index is 1.61. The lowest BCUT2D eigenvalue weighted by Gasteiger charge is -2.42. The average molecular weight is 384 g/mol. The van der Waals surface area contributed by atoms with Crippen LogP contribution in [0.2, 0.25) is 0 Å². The van der Waals surface area contributed by atoms with Crippen molar-refractivity contribution in [1.29, 1.82) is 0 Å². The van der Waals surface area contributed by atoms with Crippen molar-refractivity contribution in [3.8, 4) is 0 Å². The molecule has 0 atom stereocenters. The molecule has 2 aliphatic rings. The zero-order valence-electron chi connectivity index (χ0n) is 13.7. The Hall–Kier alpha value is -1.81. The van der Waals surface area contributed by atoms with Gasteiger partial charge in [0, 0.05) is 11.0 Å². The predicted molar refractivity (Wildman–Crippen MR) is 104 cm³/mol. The van der Waals surface area contributed by atoms with Crippen LogP contribution in [0.5, 0.6) is 0 Å². The van der Waals surface area contributed by atoms with Crippen molar-refractivity contribution in [3.05, 3.63) is 58.6 Å². The highest BCUT2D eigenvalue weighted by Gasteiger charge is 2.40. The molecule has 0 aromatic heterocycles. The van der Waals surface area contributed by atoms with E-state index < -0.39 is 0 Å². The van der Waals surface area contributed by atoms with Crippen LogP contribution in [0.4, 0.5) is 11.4 Å². The lowest BCUT2D eigenvalue weighted by molar-refractivity contribution is 0.396. The van der Waals surface area contributed by atoms with Crippen molar-refractivity contribution in [2.75, 3.05) is 5.32 Å². The largest absolute Gasteiger partial charge is 0.371 e. The molecule has 0 saturated heterocycles. The molecule has 4 heteroatoms. The molecule has 0 radical (unpaired) electrons. The average Bonchev–Trinajstić information content (AvgIpc) is 2.62. The Labute approximate surface area is 151 Å². The highest BCUT2D eigenvalue weighted by atomic mass is 79.9. The summed E-state index contributed by atoms with van der Waals surface area (Å²) in [6.45, 7) is 0.803. The minimum Gasteiger partial charge on any atom is -0.371 e. The summed E-state index contributed by atoms with van der Waals surface area (Å²) in [4.78, 5) is 4.99. The normalized spacial score (nSPS) is 18.5. The topological polar surface area (TPSA) is 36.4 Å². The minimum atomic E-state index is -0.0258. The predicted octanol–water partition coefficient (Wildman–Crippen LogP) is 5.40. The van der Waals surface area contributed by atoms with E-state index in [4.69, 9.17) is 4.99 Å². The molecule has 1 aliphatic heterocycles. The summed E-state index contributed by atoms with van der Waals surface area (Å²) >= 11 is 3.49. The van der Waals surface area contributed by atoms with Gasteiger partial charge in [0.1, 0.15) is 5.84 Å². The summed E-state index contributed by atoms with van der Waals surface area (Å²) in [6, 6.07) is 16.8. The third-order valence-electron chi connectivity index (χ3n) is 5.04. The molecular weight excluding hydrogens is 362 g/mol. The van der Waals surface area contributed by atoms with E-state index in [0.717, 1.165) is 41.1 Å². The second kappa shape index (κ2) is 6.60. The summed E-state index contributed by atoms with van der Waals surface area (Å²) in [5, 5.41) is 7.44. The van der Waals surface area contributed by atoms with Gasteiger partial charge in [0.25, 0.3) is 0 Å². The standard InChI is InChI=1S/C20H22BrN3/c21-16-10-8-15(9-11-16)14-22-19-20(12-4-1-5-13-20)24-18-7-3-2-6-17(18)23-19/h2-3,6-11,24H,1,4-5,12-14H2,(H,22,23). The molecule has 3 nitrogen and oxygen atoms in total. The van der Waals surface area contributed by atoms with Crippen molar-refractivity contribution in [3.63, 3.8) is 0 Å². The van der Waals surface area contributed by atoms with Crippen LogP contribution in [0, 0.1) is 0 Å². The van der Waals surface area contributed by atoms with Gasteiger partial charge in [-0.3, -0.25) is 0 Å². The van der Waals surface area contributed by atoms with E-state index in [9.17, 15) is 0 Å². The smallest absolute Gasteiger partial charge is 0.128 e. The van der Waals surface area contributed by atoms with Crippen molar-refractivity contribution in [2.24, 2.45) is 4.99 Å².